The number of rotatable bonds is 3. The maximum absolute atomic E-state index is 4.21. The van der Waals surface area contributed by atoms with Gasteiger partial charge in [0.2, 0.25) is 0 Å². The molecule has 2 rings (SSSR count). The van der Waals surface area contributed by atoms with E-state index in [1.807, 2.05) is 25.0 Å². The van der Waals surface area contributed by atoms with Crippen LogP contribution in [0.1, 0.15) is 25.7 Å². The Morgan fingerprint density at radius 1 is 1.43 bits per heavy atom. The van der Waals surface area contributed by atoms with Crippen molar-refractivity contribution in [2.75, 3.05) is 12.4 Å². The number of pyridine rings is 1. The Hall–Kier alpha value is -0.700. The van der Waals surface area contributed by atoms with Crippen molar-refractivity contribution in [3.05, 3.63) is 18.3 Å². The topological polar surface area (TPSA) is 24.9 Å². The lowest BCUT2D eigenvalue weighted by Crippen LogP contribution is -1.95. The van der Waals surface area contributed by atoms with Crippen LogP contribution in [0.2, 0.25) is 0 Å². The second-order valence-corrected chi connectivity index (χ2v) is 5.02. The highest BCUT2D eigenvalue weighted by molar-refractivity contribution is 8.00. The molecule has 0 aliphatic heterocycles. The molecule has 1 aliphatic rings. The summed E-state index contributed by atoms with van der Waals surface area (Å²) in [6.45, 7) is 0. The third kappa shape index (κ3) is 2.41. The van der Waals surface area contributed by atoms with E-state index in [0.717, 1.165) is 11.1 Å². The van der Waals surface area contributed by atoms with Gasteiger partial charge in [-0.1, -0.05) is 12.8 Å². The minimum atomic E-state index is 0.835. The summed E-state index contributed by atoms with van der Waals surface area (Å²) in [5.74, 6) is 0.966. The Morgan fingerprint density at radius 3 is 2.93 bits per heavy atom. The molecule has 1 aromatic heterocycles. The van der Waals surface area contributed by atoms with E-state index in [4.69, 9.17) is 0 Å². The smallest absolute Gasteiger partial charge is 0.126 e. The molecule has 1 saturated carbocycles. The average molecular weight is 208 g/mol. The van der Waals surface area contributed by atoms with Crippen LogP contribution in [0.4, 0.5) is 5.82 Å². The van der Waals surface area contributed by atoms with Gasteiger partial charge in [0, 0.05) is 23.4 Å². The SMILES string of the molecule is CNc1cc(SC2CCCC2)ccn1. The van der Waals surface area contributed by atoms with E-state index >= 15 is 0 Å². The lowest BCUT2D eigenvalue weighted by molar-refractivity contribution is 0.886. The summed E-state index contributed by atoms with van der Waals surface area (Å²) in [7, 11) is 1.91. The van der Waals surface area contributed by atoms with Crippen LogP contribution in [0.3, 0.4) is 0 Å². The fraction of sp³-hybridized carbons (Fsp3) is 0.545. The quantitative estimate of drug-likeness (QED) is 0.826. The molecule has 0 atom stereocenters. The Kier molecular flexibility index (Phi) is 3.30. The number of aromatic nitrogens is 1. The van der Waals surface area contributed by atoms with Gasteiger partial charge in [0.15, 0.2) is 0 Å². The van der Waals surface area contributed by atoms with Crippen LogP contribution in [-0.2, 0) is 0 Å². The number of hydrogen-bond donors (Lipinski definition) is 1. The van der Waals surface area contributed by atoms with Gasteiger partial charge in [-0.2, -0.15) is 0 Å². The molecule has 1 fully saturated rings. The molecule has 0 amide bonds. The summed E-state index contributed by atoms with van der Waals surface area (Å²) in [4.78, 5) is 5.55. The van der Waals surface area contributed by atoms with Crippen molar-refractivity contribution in [3.8, 4) is 0 Å². The van der Waals surface area contributed by atoms with Crippen LogP contribution >= 0.6 is 11.8 Å². The fourth-order valence-corrected chi connectivity index (χ4v) is 3.09. The molecule has 0 radical (unpaired) electrons. The molecule has 2 nitrogen and oxygen atoms in total. The van der Waals surface area contributed by atoms with Gasteiger partial charge in [-0.15, -0.1) is 11.8 Å². The zero-order valence-electron chi connectivity index (χ0n) is 8.49. The van der Waals surface area contributed by atoms with Gasteiger partial charge in [-0.25, -0.2) is 4.98 Å². The zero-order valence-corrected chi connectivity index (χ0v) is 9.31. The molecule has 1 aliphatic carbocycles. The summed E-state index contributed by atoms with van der Waals surface area (Å²) >= 11 is 2.00. The summed E-state index contributed by atoms with van der Waals surface area (Å²) in [6, 6.07) is 4.23. The normalized spacial score (nSPS) is 17.2. The number of nitrogens with one attached hydrogen (secondary N) is 1. The van der Waals surface area contributed by atoms with Crippen molar-refractivity contribution >= 4 is 17.6 Å². The Bertz CT molecular complexity index is 295. The molecular formula is C11H16N2S. The van der Waals surface area contributed by atoms with Gasteiger partial charge < -0.3 is 5.32 Å². The number of hydrogen-bond acceptors (Lipinski definition) is 3. The molecule has 0 bridgehead atoms. The Labute approximate surface area is 89.5 Å². The maximum Gasteiger partial charge on any atom is 0.126 e. The van der Waals surface area contributed by atoms with E-state index in [1.165, 1.54) is 30.6 Å². The van der Waals surface area contributed by atoms with Crippen molar-refractivity contribution in [3.63, 3.8) is 0 Å². The lowest BCUT2D eigenvalue weighted by Gasteiger charge is -2.09. The molecule has 1 heterocycles. The van der Waals surface area contributed by atoms with E-state index in [-0.39, 0.29) is 0 Å². The van der Waals surface area contributed by atoms with E-state index in [0.29, 0.717) is 0 Å². The molecule has 14 heavy (non-hydrogen) atoms. The van der Waals surface area contributed by atoms with Crippen LogP contribution in [-0.4, -0.2) is 17.3 Å². The summed E-state index contributed by atoms with van der Waals surface area (Å²) in [5.41, 5.74) is 0. The third-order valence-corrected chi connectivity index (χ3v) is 3.92. The second kappa shape index (κ2) is 4.69. The van der Waals surface area contributed by atoms with Crippen LogP contribution in [0.5, 0.6) is 0 Å². The predicted molar refractivity (Wildman–Crippen MR) is 61.9 cm³/mol. The number of thioether (sulfide) groups is 1. The van der Waals surface area contributed by atoms with E-state index in [2.05, 4.69) is 22.4 Å². The first-order valence-corrected chi connectivity index (χ1v) is 6.07. The van der Waals surface area contributed by atoms with Gasteiger partial charge in [0.25, 0.3) is 0 Å². The lowest BCUT2D eigenvalue weighted by atomic mass is 10.4. The highest BCUT2D eigenvalue weighted by Crippen LogP contribution is 2.34. The van der Waals surface area contributed by atoms with Gasteiger partial charge in [-0.05, 0) is 25.0 Å². The first-order chi connectivity index (χ1) is 6.88. The molecule has 0 saturated heterocycles. The first-order valence-electron chi connectivity index (χ1n) is 5.19. The summed E-state index contributed by atoms with van der Waals surface area (Å²) < 4.78 is 0. The monoisotopic (exact) mass is 208 g/mol. The van der Waals surface area contributed by atoms with Gasteiger partial charge >= 0.3 is 0 Å². The van der Waals surface area contributed by atoms with Crippen LogP contribution in [0, 0.1) is 0 Å². The van der Waals surface area contributed by atoms with Crippen molar-refractivity contribution in [2.24, 2.45) is 0 Å². The van der Waals surface area contributed by atoms with Crippen molar-refractivity contribution in [1.29, 1.82) is 0 Å². The van der Waals surface area contributed by atoms with Crippen molar-refractivity contribution in [2.45, 2.75) is 35.8 Å². The molecule has 3 heteroatoms. The predicted octanol–water partition coefficient (Wildman–Crippen LogP) is 3.16. The summed E-state index contributed by atoms with van der Waals surface area (Å²) in [5, 5.41) is 3.90. The van der Waals surface area contributed by atoms with Gasteiger partial charge in [-0.3, -0.25) is 0 Å². The van der Waals surface area contributed by atoms with E-state index in [1.54, 1.807) is 0 Å². The maximum atomic E-state index is 4.21. The molecule has 1 aromatic rings. The summed E-state index contributed by atoms with van der Waals surface area (Å²) in [6.07, 6.45) is 7.44. The molecule has 0 spiro atoms. The highest BCUT2D eigenvalue weighted by Gasteiger charge is 2.15. The van der Waals surface area contributed by atoms with Gasteiger partial charge in [0.05, 0.1) is 0 Å². The van der Waals surface area contributed by atoms with Crippen LogP contribution < -0.4 is 5.32 Å². The zero-order chi connectivity index (χ0) is 9.80. The largest absolute Gasteiger partial charge is 0.373 e. The Balaban J connectivity index is 2.00. The average Bonchev–Trinajstić information content (AvgIpc) is 2.71. The number of anilines is 1. The number of nitrogens with zero attached hydrogens (tertiary/aromatic N) is 1. The molecule has 0 aromatic carbocycles. The van der Waals surface area contributed by atoms with E-state index in [9.17, 15) is 0 Å². The fourth-order valence-electron chi connectivity index (χ4n) is 1.82. The van der Waals surface area contributed by atoms with Crippen LogP contribution in [0.15, 0.2) is 23.2 Å². The minimum Gasteiger partial charge on any atom is -0.373 e. The third-order valence-electron chi connectivity index (χ3n) is 2.59. The minimum absolute atomic E-state index is 0.835. The first kappa shape index (κ1) is 9.84. The second-order valence-electron chi connectivity index (χ2n) is 3.65. The van der Waals surface area contributed by atoms with Crippen LogP contribution in [0.25, 0.3) is 0 Å². The Morgan fingerprint density at radius 2 is 2.21 bits per heavy atom. The van der Waals surface area contributed by atoms with E-state index < -0.39 is 0 Å². The highest BCUT2D eigenvalue weighted by atomic mass is 32.2. The standard InChI is InChI=1S/C11H16N2S/c1-12-11-8-10(6-7-13-11)14-9-4-2-3-5-9/h6-9H,2-5H2,1H3,(H,12,13). The van der Waals surface area contributed by atoms with Crippen molar-refractivity contribution in [1.82, 2.24) is 4.98 Å². The van der Waals surface area contributed by atoms with Gasteiger partial charge in [0.1, 0.15) is 5.82 Å². The molecule has 76 valence electrons. The molecule has 0 unspecified atom stereocenters. The molecular weight excluding hydrogens is 192 g/mol. The molecule has 1 N–H and O–H groups in total. The van der Waals surface area contributed by atoms with Crippen molar-refractivity contribution < 1.29 is 0 Å².